The molecule has 0 heterocycles. The van der Waals surface area contributed by atoms with Crippen molar-refractivity contribution in [2.24, 2.45) is 10.4 Å². The standard InChI is InChI=1S/C20H32ClN3O3.HI/c1-5-27-18-16(21)11-15(12-17(18)26-4)13-23-19(22-2)24-14-20(7-6-8-20)9-10-25-3;/h11-12H,5-10,13-14H2,1-4H3,(H2,22,23,24);1H. The maximum Gasteiger partial charge on any atom is 0.191 e. The molecule has 1 saturated carbocycles. The molecule has 0 aromatic heterocycles. The highest BCUT2D eigenvalue weighted by Gasteiger charge is 2.36. The summed E-state index contributed by atoms with van der Waals surface area (Å²) in [6, 6.07) is 3.82. The van der Waals surface area contributed by atoms with Crippen LogP contribution in [0.5, 0.6) is 11.5 Å². The molecule has 28 heavy (non-hydrogen) atoms. The highest BCUT2D eigenvalue weighted by molar-refractivity contribution is 14.0. The van der Waals surface area contributed by atoms with Crippen LogP contribution in [0.15, 0.2) is 17.1 Å². The first-order chi connectivity index (χ1) is 13.1. The van der Waals surface area contributed by atoms with Crippen LogP contribution in [0.1, 0.15) is 38.2 Å². The molecule has 1 aliphatic carbocycles. The summed E-state index contributed by atoms with van der Waals surface area (Å²) in [5.74, 6) is 2.00. The number of nitrogens with zero attached hydrogens (tertiary/aromatic N) is 1. The molecule has 8 heteroatoms. The minimum atomic E-state index is 0. The van der Waals surface area contributed by atoms with Gasteiger partial charge in [0.2, 0.25) is 0 Å². The van der Waals surface area contributed by atoms with Gasteiger partial charge >= 0.3 is 0 Å². The van der Waals surface area contributed by atoms with E-state index in [2.05, 4.69) is 15.6 Å². The van der Waals surface area contributed by atoms with Crippen LogP contribution in [0, 0.1) is 5.41 Å². The van der Waals surface area contributed by atoms with Gasteiger partial charge in [-0.3, -0.25) is 4.99 Å². The lowest BCUT2D eigenvalue weighted by Crippen LogP contribution is -2.46. The summed E-state index contributed by atoms with van der Waals surface area (Å²) in [6.07, 6.45) is 4.86. The molecule has 0 amide bonds. The third kappa shape index (κ3) is 6.84. The van der Waals surface area contributed by atoms with Crippen molar-refractivity contribution in [1.82, 2.24) is 10.6 Å². The lowest BCUT2D eigenvalue weighted by Gasteiger charge is -2.42. The van der Waals surface area contributed by atoms with E-state index in [1.165, 1.54) is 19.3 Å². The number of rotatable bonds is 10. The summed E-state index contributed by atoms with van der Waals surface area (Å²) in [7, 11) is 5.16. The number of aliphatic imine (C=N–C) groups is 1. The first-order valence-electron chi connectivity index (χ1n) is 9.50. The minimum Gasteiger partial charge on any atom is -0.493 e. The van der Waals surface area contributed by atoms with Crippen LogP contribution in [0.25, 0.3) is 0 Å². The van der Waals surface area contributed by atoms with Crippen LogP contribution in [0.4, 0.5) is 0 Å². The number of guanidine groups is 1. The van der Waals surface area contributed by atoms with Gasteiger partial charge in [-0.25, -0.2) is 0 Å². The Morgan fingerprint density at radius 3 is 2.54 bits per heavy atom. The van der Waals surface area contributed by atoms with Crippen molar-refractivity contribution in [3.8, 4) is 11.5 Å². The molecule has 0 saturated heterocycles. The number of ether oxygens (including phenoxy) is 3. The Bertz CT molecular complexity index is 639. The SMILES string of the molecule is CCOc1c(Cl)cc(CNC(=NC)NCC2(CCOC)CCC2)cc1OC.I. The fourth-order valence-corrected chi connectivity index (χ4v) is 3.64. The van der Waals surface area contributed by atoms with E-state index in [9.17, 15) is 0 Å². The van der Waals surface area contributed by atoms with Crippen molar-refractivity contribution in [1.29, 1.82) is 0 Å². The number of halogens is 2. The Kier molecular flexibility index (Phi) is 11.3. The van der Waals surface area contributed by atoms with Gasteiger partial charge < -0.3 is 24.8 Å². The molecule has 2 rings (SSSR count). The van der Waals surface area contributed by atoms with Crippen molar-refractivity contribution in [2.45, 2.75) is 39.2 Å². The molecule has 1 aromatic rings. The molecule has 0 bridgehead atoms. The molecule has 6 nitrogen and oxygen atoms in total. The summed E-state index contributed by atoms with van der Waals surface area (Å²) in [6.45, 7) is 4.76. The van der Waals surface area contributed by atoms with E-state index in [4.69, 9.17) is 25.8 Å². The fourth-order valence-electron chi connectivity index (χ4n) is 3.35. The van der Waals surface area contributed by atoms with E-state index < -0.39 is 0 Å². The topological polar surface area (TPSA) is 64.1 Å². The predicted molar refractivity (Wildman–Crippen MR) is 126 cm³/mol. The second kappa shape index (κ2) is 12.6. The van der Waals surface area contributed by atoms with E-state index >= 15 is 0 Å². The van der Waals surface area contributed by atoms with E-state index in [0.29, 0.717) is 35.1 Å². The number of hydrogen-bond acceptors (Lipinski definition) is 4. The predicted octanol–water partition coefficient (Wildman–Crippen LogP) is 4.24. The maximum absolute atomic E-state index is 6.35. The molecule has 1 aliphatic rings. The summed E-state index contributed by atoms with van der Waals surface area (Å²) in [4.78, 5) is 4.33. The average Bonchev–Trinajstić information content (AvgIpc) is 2.64. The first-order valence-corrected chi connectivity index (χ1v) is 9.88. The Labute approximate surface area is 190 Å². The second-order valence-corrected chi connectivity index (χ2v) is 7.32. The third-order valence-corrected chi connectivity index (χ3v) is 5.42. The highest BCUT2D eigenvalue weighted by Crippen LogP contribution is 2.43. The number of methoxy groups -OCH3 is 2. The molecule has 0 radical (unpaired) electrons. The van der Waals surface area contributed by atoms with E-state index in [0.717, 1.165) is 31.1 Å². The van der Waals surface area contributed by atoms with Gasteiger partial charge in [0.1, 0.15) is 0 Å². The highest BCUT2D eigenvalue weighted by atomic mass is 127. The van der Waals surface area contributed by atoms with Crippen LogP contribution < -0.4 is 20.1 Å². The second-order valence-electron chi connectivity index (χ2n) is 6.92. The van der Waals surface area contributed by atoms with E-state index in [1.807, 2.05) is 19.1 Å². The maximum atomic E-state index is 6.35. The molecule has 0 unspecified atom stereocenters. The van der Waals surface area contributed by atoms with Gasteiger partial charge in [-0.15, -0.1) is 24.0 Å². The summed E-state index contributed by atoms with van der Waals surface area (Å²) in [5.41, 5.74) is 1.33. The summed E-state index contributed by atoms with van der Waals surface area (Å²) < 4.78 is 16.2. The van der Waals surface area contributed by atoms with Gasteiger partial charge in [0.15, 0.2) is 17.5 Å². The quantitative estimate of drug-likeness (QED) is 0.272. The largest absolute Gasteiger partial charge is 0.493 e. The summed E-state index contributed by atoms with van der Waals surface area (Å²) >= 11 is 6.35. The van der Waals surface area contributed by atoms with Crippen molar-refractivity contribution >= 4 is 41.5 Å². The van der Waals surface area contributed by atoms with Crippen molar-refractivity contribution in [2.75, 3.05) is 41.0 Å². The average molecular weight is 526 g/mol. The first kappa shape index (κ1) is 25.1. The van der Waals surface area contributed by atoms with Crippen molar-refractivity contribution < 1.29 is 14.2 Å². The molecule has 0 aliphatic heterocycles. The fraction of sp³-hybridized carbons (Fsp3) is 0.650. The zero-order valence-corrected chi connectivity index (χ0v) is 20.4. The van der Waals surface area contributed by atoms with E-state index in [1.54, 1.807) is 21.3 Å². The number of nitrogens with one attached hydrogen (secondary N) is 2. The summed E-state index contributed by atoms with van der Waals surface area (Å²) in [5, 5.41) is 7.35. The van der Waals surface area contributed by atoms with Gasteiger partial charge in [-0.05, 0) is 49.3 Å². The monoisotopic (exact) mass is 525 g/mol. The molecule has 1 aromatic carbocycles. The van der Waals surface area contributed by atoms with Gasteiger partial charge in [0.25, 0.3) is 0 Å². The Balaban J connectivity index is 0.00000392. The Hall–Kier alpha value is -0.930. The molecule has 1 fully saturated rings. The van der Waals surface area contributed by atoms with E-state index in [-0.39, 0.29) is 24.0 Å². The molecule has 2 N–H and O–H groups in total. The van der Waals surface area contributed by atoms with Gasteiger partial charge in [0, 0.05) is 33.9 Å². The zero-order chi connectivity index (χ0) is 19.7. The molecule has 160 valence electrons. The number of hydrogen-bond donors (Lipinski definition) is 2. The Morgan fingerprint density at radius 1 is 1.25 bits per heavy atom. The third-order valence-electron chi connectivity index (χ3n) is 5.14. The van der Waals surface area contributed by atoms with Gasteiger partial charge in [-0.2, -0.15) is 0 Å². The molecular weight excluding hydrogens is 493 g/mol. The molecule has 0 spiro atoms. The lowest BCUT2D eigenvalue weighted by atomic mass is 9.67. The Morgan fingerprint density at radius 2 is 2.00 bits per heavy atom. The molecule has 0 atom stereocenters. The number of benzene rings is 1. The van der Waals surface area contributed by atoms with Crippen LogP contribution in [-0.2, 0) is 11.3 Å². The van der Waals surface area contributed by atoms with Crippen LogP contribution in [0.3, 0.4) is 0 Å². The van der Waals surface area contributed by atoms with Crippen molar-refractivity contribution in [3.63, 3.8) is 0 Å². The van der Waals surface area contributed by atoms with Crippen LogP contribution >= 0.6 is 35.6 Å². The molecular formula is C20H33ClIN3O3. The van der Waals surface area contributed by atoms with Crippen LogP contribution in [-0.4, -0.2) is 47.0 Å². The lowest BCUT2D eigenvalue weighted by molar-refractivity contribution is 0.0732. The minimum absolute atomic E-state index is 0. The zero-order valence-electron chi connectivity index (χ0n) is 17.3. The smallest absolute Gasteiger partial charge is 0.191 e. The normalized spacial score (nSPS) is 15.2. The van der Waals surface area contributed by atoms with Gasteiger partial charge in [-0.1, -0.05) is 18.0 Å². The van der Waals surface area contributed by atoms with Crippen LogP contribution in [0.2, 0.25) is 5.02 Å². The van der Waals surface area contributed by atoms with Gasteiger partial charge in [0.05, 0.1) is 18.7 Å². The van der Waals surface area contributed by atoms with Crippen molar-refractivity contribution in [3.05, 3.63) is 22.7 Å².